The van der Waals surface area contributed by atoms with Crippen molar-refractivity contribution in [3.63, 3.8) is 0 Å². The molecule has 31 heavy (non-hydrogen) atoms. The molecule has 0 radical (unpaired) electrons. The number of ketones is 1. The molecule has 4 aromatic rings. The first kappa shape index (κ1) is 20.0. The smallest absolute Gasteiger partial charge is 0.166 e. The maximum Gasteiger partial charge on any atom is 0.166 e. The van der Waals surface area contributed by atoms with E-state index in [1.54, 1.807) is 4.52 Å². The van der Waals surface area contributed by atoms with Gasteiger partial charge in [0.1, 0.15) is 0 Å². The van der Waals surface area contributed by atoms with E-state index in [-0.39, 0.29) is 11.7 Å². The van der Waals surface area contributed by atoms with Crippen LogP contribution in [0.25, 0.3) is 16.8 Å². The average Bonchev–Trinajstić information content (AvgIpc) is 3.07. The van der Waals surface area contributed by atoms with Crippen molar-refractivity contribution < 1.29 is 4.79 Å². The van der Waals surface area contributed by atoms with Gasteiger partial charge in [-0.15, -0.1) is 0 Å². The van der Waals surface area contributed by atoms with E-state index in [0.29, 0.717) is 22.9 Å². The lowest BCUT2D eigenvalue weighted by Crippen LogP contribution is -2.21. The van der Waals surface area contributed by atoms with Crippen LogP contribution in [0.4, 0.5) is 0 Å². The van der Waals surface area contributed by atoms with Gasteiger partial charge in [-0.1, -0.05) is 61.8 Å². The van der Waals surface area contributed by atoms with Crippen molar-refractivity contribution in [2.45, 2.75) is 45.4 Å². The summed E-state index contributed by atoms with van der Waals surface area (Å²) in [5.74, 6) is 0.772. The number of aromatic nitrogens is 3. The number of carbonyl (C=O) groups excluding carboxylic acids is 1. The van der Waals surface area contributed by atoms with Crippen LogP contribution in [0.15, 0.2) is 54.7 Å². The number of benzene rings is 2. The molecule has 0 saturated heterocycles. The second kappa shape index (κ2) is 7.61. The number of hydrogen-bond acceptors (Lipinski definition) is 3. The van der Waals surface area contributed by atoms with E-state index in [2.05, 4.69) is 43.2 Å². The SMILES string of the molecule is Cc1nn2cc3c(nc2c1-c1cccc(Cl)c1)CC(c1ccc(C(C)C)cc1)CC3=O. The number of halogens is 1. The molecule has 1 aliphatic rings. The van der Waals surface area contributed by atoms with Gasteiger partial charge in [-0.25, -0.2) is 9.50 Å². The van der Waals surface area contributed by atoms with Gasteiger partial charge in [0.2, 0.25) is 0 Å². The van der Waals surface area contributed by atoms with Crippen molar-refractivity contribution in [3.05, 3.63) is 87.8 Å². The molecule has 0 amide bonds. The topological polar surface area (TPSA) is 47.3 Å². The third-order valence-corrected chi connectivity index (χ3v) is 6.46. The van der Waals surface area contributed by atoms with Gasteiger partial charge >= 0.3 is 0 Å². The van der Waals surface area contributed by atoms with Crippen molar-refractivity contribution in [1.29, 1.82) is 0 Å². The zero-order valence-corrected chi connectivity index (χ0v) is 18.6. The molecule has 0 spiro atoms. The van der Waals surface area contributed by atoms with E-state index in [9.17, 15) is 4.79 Å². The lowest BCUT2D eigenvalue weighted by molar-refractivity contribution is 0.0962. The van der Waals surface area contributed by atoms with Crippen molar-refractivity contribution in [2.24, 2.45) is 0 Å². The van der Waals surface area contributed by atoms with E-state index < -0.39 is 0 Å². The first-order chi connectivity index (χ1) is 14.9. The number of hydrogen-bond donors (Lipinski definition) is 0. The summed E-state index contributed by atoms with van der Waals surface area (Å²) in [6, 6.07) is 16.4. The molecule has 4 nitrogen and oxygen atoms in total. The highest BCUT2D eigenvalue weighted by Gasteiger charge is 2.29. The Hall–Kier alpha value is -2.98. The normalized spacial score (nSPS) is 16.2. The summed E-state index contributed by atoms with van der Waals surface area (Å²) in [5, 5.41) is 5.30. The highest BCUT2D eigenvalue weighted by Crippen LogP contribution is 2.35. The summed E-state index contributed by atoms with van der Waals surface area (Å²) in [6.07, 6.45) is 3.10. The summed E-state index contributed by atoms with van der Waals surface area (Å²) >= 11 is 6.22. The first-order valence-corrected chi connectivity index (χ1v) is 11.1. The standard InChI is InChI=1S/C26H24ClN3O/c1-15(2)17-7-9-18(10-8-17)20-12-23-22(24(31)13-20)14-30-26(28-23)25(16(3)29-30)19-5-4-6-21(27)11-19/h4-11,14-15,20H,12-13H2,1-3H3. The fourth-order valence-electron chi connectivity index (χ4n) is 4.52. The van der Waals surface area contributed by atoms with Gasteiger partial charge in [0, 0.05) is 23.2 Å². The lowest BCUT2D eigenvalue weighted by Gasteiger charge is -2.23. The lowest BCUT2D eigenvalue weighted by atomic mass is 9.81. The number of Topliss-reactive ketones (excluding diaryl/α,β-unsaturated/α-hetero) is 1. The highest BCUT2D eigenvalue weighted by molar-refractivity contribution is 6.30. The summed E-state index contributed by atoms with van der Waals surface area (Å²) < 4.78 is 1.74. The van der Waals surface area contributed by atoms with Gasteiger partial charge in [-0.05, 0) is 54.0 Å². The Labute approximate surface area is 186 Å². The van der Waals surface area contributed by atoms with Crippen LogP contribution in [0, 0.1) is 6.92 Å². The summed E-state index contributed by atoms with van der Waals surface area (Å²) in [7, 11) is 0. The van der Waals surface area contributed by atoms with Crippen LogP contribution in [0.5, 0.6) is 0 Å². The Balaban J connectivity index is 1.57. The fourth-order valence-corrected chi connectivity index (χ4v) is 4.71. The van der Waals surface area contributed by atoms with Crippen LogP contribution in [0.3, 0.4) is 0 Å². The zero-order chi connectivity index (χ0) is 21.7. The molecule has 156 valence electrons. The highest BCUT2D eigenvalue weighted by atomic mass is 35.5. The predicted molar refractivity (Wildman–Crippen MR) is 124 cm³/mol. The molecule has 0 saturated carbocycles. The van der Waals surface area contributed by atoms with Gasteiger partial charge in [-0.3, -0.25) is 4.79 Å². The third-order valence-electron chi connectivity index (χ3n) is 6.22. The molecular weight excluding hydrogens is 406 g/mol. The van der Waals surface area contributed by atoms with E-state index in [4.69, 9.17) is 16.6 Å². The zero-order valence-electron chi connectivity index (χ0n) is 17.9. The minimum absolute atomic E-state index is 0.131. The second-order valence-electron chi connectivity index (χ2n) is 8.69. The van der Waals surface area contributed by atoms with E-state index in [1.807, 2.05) is 37.4 Å². The van der Waals surface area contributed by atoms with Crippen molar-refractivity contribution in [2.75, 3.05) is 0 Å². The minimum atomic E-state index is 0.131. The largest absolute Gasteiger partial charge is 0.294 e. The number of nitrogens with zero attached hydrogens (tertiary/aromatic N) is 3. The monoisotopic (exact) mass is 429 g/mol. The van der Waals surface area contributed by atoms with Gasteiger partial charge < -0.3 is 0 Å². The van der Waals surface area contributed by atoms with Crippen LogP contribution in [0.1, 0.15) is 65.0 Å². The quantitative estimate of drug-likeness (QED) is 0.379. The predicted octanol–water partition coefficient (Wildman–Crippen LogP) is 6.39. The number of fused-ring (bicyclic) bond motifs is 2. The Morgan fingerprint density at radius 2 is 1.87 bits per heavy atom. The Morgan fingerprint density at radius 3 is 2.58 bits per heavy atom. The van der Waals surface area contributed by atoms with Crippen LogP contribution >= 0.6 is 11.6 Å². The van der Waals surface area contributed by atoms with Crippen LogP contribution in [-0.2, 0) is 6.42 Å². The fraction of sp³-hybridized carbons (Fsp3) is 0.269. The molecule has 0 fully saturated rings. The molecule has 5 heteroatoms. The van der Waals surface area contributed by atoms with Crippen molar-refractivity contribution in [1.82, 2.24) is 14.6 Å². The van der Waals surface area contributed by atoms with Crippen molar-refractivity contribution in [3.8, 4) is 11.1 Å². The molecule has 2 aromatic carbocycles. The van der Waals surface area contributed by atoms with Crippen LogP contribution in [-0.4, -0.2) is 20.4 Å². The van der Waals surface area contributed by atoms with Gasteiger partial charge in [0.05, 0.1) is 17.0 Å². The minimum Gasteiger partial charge on any atom is -0.294 e. The Morgan fingerprint density at radius 1 is 1.10 bits per heavy atom. The molecule has 5 rings (SSSR count). The van der Waals surface area contributed by atoms with Gasteiger partial charge in [0.15, 0.2) is 11.4 Å². The average molecular weight is 430 g/mol. The molecule has 2 heterocycles. The van der Waals surface area contributed by atoms with Crippen molar-refractivity contribution >= 4 is 23.0 Å². The molecule has 1 unspecified atom stereocenters. The van der Waals surface area contributed by atoms with E-state index in [1.165, 1.54) is 11.1 Å². The summed E-state index contributed by atoms with van der Waals surface area (Å²) in [5.41, 5.74) is 7.62. The molecule has 2 aromatic heterocycles. The molecular formula is C26H24ClN3O. The molecule has 0 bridgehead atoms. The van der Waals surface area contributed by atoms with Crippen LogP contribution < -0.4 is 0 Å². The van der Waals surface area contributed by atoms with Gasteiger partial charge in [-0.2, -0.15) is 5.10 Å². The molecule has 1 aliphatic carbocycles. The summed E-state index contributed by atoms with van der Waals surface area (Å²) in [6.45, 7) is 6.34. The number of rotatable bonds is 3. The van der Waals surface area contributed by atoms with Crippen LogP contribution in [0.2, 0.25) is 5.02 Å². The number of carbonyl (C=O) groups is 1. The maximum absolute atomic E-state index is 13.0. The molecule has 0 aliphatic heterocycles. The van der Waals surface area contributed by atoms with E-state index >= 15 is 0 Å². The van der Waals surface area contributed by atoms with E-state index in [0.717, 1.165) is 34.6 Å². The summed E-state index contributed by atoms with van der Waals surface area (Å²) in [4.78, 5) is 17.9. The number of aryl methyl sites for hydroxylation is 1. The first-order valence-electron chi connectivity index (χ1n) is 10.7. The molecule has 0 N–H and O–H groups in total. The Kier molecular flexibility index (Phi) is 4.90. The maximum atomic E-state index is 13.0. The third kappa shape index (κ3) is 3.55. The Bertz CT molecular complexity index is 1300. The molecule has 1 atom stereocenters. The second-order valence-corrected chi connectivity index (χ2v) is 9.13. The van der Waals surface area contributed by atoms with Gasteiger partial charge in [0.25, 0.3) is 0 Å².